The van der Waals surface area contributed by atoms with Gasteiger partial charge in [0.05, 0.1) is 5.69 Å². The van der Waals surface area contributed by atoms with Gasteiger partial charge in [0.2, 0.25) is 0 Å². The third-order valence-electron chi connectivity index (χ3n) is 2.49. The molecule has 17 heavy (non-hydrogen) atoms. The van der Waals surface area contributed by atoms with Gasteiger partial charge in [-0.05, 0) is 26.0 Å². The van der Waals surface area contributed by atoms with Crippen molar-refractivity contribution in [1.82, 2.24) is 0 Å². The van der Waals surface area contributed by atoms with Crippen molar-refractivity contribution in [3.05, 3.63) is 34.7 Å². The summed E-state index contributed by atoms with van der Waals surface area (Å²) in [4.78, 5) is 11.4. The zero-order valence-electron chi connectivity index (χ0n) is 10.0. The molecule has 0 amide bonds. The average molecular weight is 232 g/mol. The Labute approximate surface area is 99.6 Å². The van der Waals surface area contributed by atoms with Gasteiger partial charge in [-0.15, -0.1) is 0 Å². The van der Waals surface area contributed by atoms with Gasteiger partial charge < -0.3 is 15.1 Å². The van der Waals surface area contributed by atoms with E-state index in [1.54, 1.807) is 0 Å². The van der Waals surface area contributed by atoms with Crippen LogP contribution in [0.3, 0.4) is 0 Å². The maximum absolute atomic E-state index is 11.4. The van der Waals surface area contributed by atoms with Crippen LogP contribution >= 0.6 is 0 Å². The van der Waals surface area contributed by atoms with Crippen LogP contribution in [0.4, 0.5) is 11.4 Å². The summed E-state index contributed by atoms with van der Waals surface area (Å²) in [5.41, 5.74) is 2.05. The van der Waals surface area contributed by atoms with E-state index in [0.29, 0.717) is 5.58 Å². The zero-order valence-corrected chi connectivity index (χ0v) is 10.0. The van der Waals surface area contributed by atoms with Crippen molar-refractivity contribution in [3.8, 4) is 0 Å². The number of hydrogen-bond donors (Lipinski definition) is 2. The summed E-state index contributed by atoms with van der Waals surface area (Å²) < 4.78 is 5.20. The van der Waals surface area contributed by atoms with Crippen LogP contribution in [0.15, 0.2) is 33.5 Å². The van der Waals surface area contributed by atoms with Crippen molar-refractivity contribution in [2.45, 2.75) is 13.8 Å². The molecular formula is C13H16N2O2. The standard InChI is InChI=1S/C13H16N2O2/c1-3-14-9-5-6-10-11(15-4-2)8-13(16)17-12(10)7-9/h5-8,14-15H,3-4H2,1-2H3. The summed E-state index contributed by atoms with van der Waals surface area (Å²) >= 11 is 0. The van der Waals surface area contributed by atoms with E-state index in [9.17, 15) is 4.79 Å². The van der Waals surface area contributed by atoms with Gasteiger partial charge in [-0.2, -0.15) is 0 Å². The Kier molecular flexibility index (Phi) is 3.32. The van der Waals surface area contributed by atoms with Gasteiger partial charge in [0.25, 0.3) is 0 Å². The van der Waals surface area contributed by atoms with E-state index in [0.717, 1.165) is 29.9 Å². The number of rotatable bonds is 4. The SMILES string of the molecule is CCNc1ccc2c(NCC)cc(=O)oc2c1. The Balaban J connectivity index is 2.58. The van der Waals surface area contributed by atoms with Crippen LogP contribution in [-0.2, 0) is 0 Å². The highest BCUT2D eigenvalue weighted by Crippen LogP contribution is 2.24. The first-order chi connectivity index (χ1) is 8.24. The summed E-state index contributed by atoms with van der Waals surface area (Å²) in [5, 5.41) is 7.27. The molecule has 1 aromatic carbocycles. The lowest BCUT2D eigenvalue weighted by atomic mass is 10.2. The van der Waals surface area contributed by atoms with Gasteiger partial charge in [0.1, 0.15) is 5.58 Å². The van der Waals surface area contributed by atoms with Gasteiger partial charge in [-0.25, -0.2) is 4.79 Å². The molecule has 0 bridgehead atoms. The van der Waals surface area contributed by atoms with E-state index in [1.165, 1.54) is 6.07 Å². The summed E-state index contributed by atoms with van der Waals surface area (Å²) in [6, 6.07) is 7.26. The summed E-state index contributed by atoms with van der Waals surface area (Å²) in [6.07, 6.45) is 0. The molecule has 0 spiro atoms. The fraction of sp³-hybridized carbons (Fsp3) is 0.308. The second-order valence-electron chi connectivity index (χ2n) is 3.75. The number of anilines is 2. The largest absolute Gasteiger partial charge is 0.423 e. The quantitative estimate of drug-likeness (QED) is 0.796. The van der Waals surface area contributed by atoms with Crippen molar-refractivity contribution in [2.75, 3.05) is 23.7 Å². The molecule has 0 aliphatic heterocycles. The van der Waals surface area contributed by atoms with Crippen LogP contribution < -0.4 is 16.3 Å². The minimum absolute atomic E-state index is 0.331. The molecule has 4 nitrogen and oxygen atoms in total. The van der Waals surface area contributed by atoms with Crippen molar-refractivity contribution in [3.63, 3.8) is 0 Å². The number of hydrogen-bond acceptors (Lipinski definition) is 4. The fourth-order valence-electron chi connectivity index (χ4n) is 1.81. The van der Waals surface area contributed by atoms with Crippen LogP contribution in [0, 0.1) is 0 Å². The van der Waals surface area contributed by atoms with Crippen molar-refractivity contribution in [2.24, 2.45) is 0 Å². The van der Waals surface area contributed by atoms with Crippen LogP contribution in [0.25, 0.3) is 11.0 Å². The Bertz CT molecular complexity index is 575. The van der Waals surface area contributed by atoms with Gasteiger partial charge in [0.15, 0.2) is 0 Å². The highest BCUT2D eigenvalue weighted by atomic mass is 16.4. The molecule has 0 aliphatic carbocycles. The maximum atomic E-state index is 11.4. The van der Waals surface area contributed by atoms with Crippen molar-refractivity contribution in [1.29, 1.82) is 0 Å². The number of benzene rings is 1. The van der Waals surface area contributed by atoms with Crippen molar-refractivity contribution < 1.29 is 4.42 Å². The lowest BCUT2D eigenvalue weighted by Gasteiger charge is -2.08. The second kappa shape index (κ2) is 4.91. The first-order valence-electron chi connectivity index (χ1n) is 5.80. The van der Waals surface area contributed by atoms with E-state index >= 15 is 0 Å². The third kappa shape index (κ3) is 2.41. The lowest BCUT2D eigenvalue weighted by Crippen LogP contribution is -2.04. The molecule has 4 heteroatoms. The molecule has 0 aliphatic rings. The van der Waals surface area contributed by atoms with Crippen LogP contribution in [-0.4, -0.2) is 13.1 Å². The molecule has 0 radical (unpaired) electrons. The molecule has 0 unspecified atom stereocenters. The molecule has 1 heterocycles. The molecule has 2 rings (SSSR count). The topological polar surface area (TPSA) is 54.3 Å². The highest BCUT2D eigenvalue weighted by Gasteiger charge is 2.05. The number of fused-ring (bicyclic) bond motifs is 1. The third-order valence-corrected chi connectivity index (χ3v) is 2.49. The Morgan fingerprint density at radius 1 is 1.12 bits per heavy atom. The monoisotopic (exact) mass is 232 g/mol. The molecule has 0 saturated carbocycles. The molecule has 90 valence electrons. The molecule has 0 atom stereocenters. The van der Waals surface area contributed by atoms with Crippen LogP contribution in [0.1, 0.15) is 13.8 Å². The van der Waals surface area contributed by atoms with Gasteiger partial charge in [0, 0.05) is 36.3 Å². The van der Waals surface area contributed by atoms with Gasteiger partial charge in [-0.1, -0.05) is 0 Å². The Hall–Kier alpha value is -1.97. The molecule has 0 fully saturated rings. The lowest BCUT2D eigenvalue weighted by molar-refractivity contribution is 0.561. The molecule has 2 aromatic rings. The first-order valence-corrected chi connectivity index (χ1v) is 5.80. The normalized spacial score (nSPS) is 10.5. The molecular weight excluding hydrogens is 216 g/mol. The highest BCUT2D eigenvalue weighted by molar-refractivity contribution is 5.91. The zero-order chi connectivity index (χ0) is 12.3. The Morgan fingerprint density at radius 2 is 1.88 bits per heavy atom. The first kappa shape index (κ1) is 11.5. The molecule has 1 aromatic heterocycles. The van der Waals surface area contributed by atoms with Crippen LogP contribution in [0.5, 0.6) is 0 Å². The average Bonchev–Trinajstić information content (AvgIpc) is 2.29. The van der Waals surface area contributed by atoms with E-state index < -0.39 is 0 Å². The molecule has 0 saturated heterocycles. The van der Waals surface area contributed by atoms with E-state index in [1.807, 2.05) is 32.0 Å². The van der Waals surface area contributed by atoms with E-state index in [-0.39, 0.29) is 5.63 Å². The summed E-state index contributed by atoms with van der Waals surface area (Å²) in [7, 11) is 0. The van der Waals surface area contributed by atoms with Gasteiger partial charge in [-0.3, -0.25) is 0 Å². The van der Waals surface area contributed by atoms with E-state index in [2.05, 4.69) is 10.6 Å². The number of nitrogens with one attached hydrogen (secondary N) is 2. The van der Waals surface area contributed by atoms with Crippen molar-refractivity contribution >= 4 is 22.3 Å². The second-order valence-corrected chi connectivity index (χ2v) is 3.75. The van der Waals surface area contributed by atoms with Crippen LogP contribution in [0.2, 0.25) is 0 Å². The molecule has 2 N–H and O–H groups in total. The summed E-state index contributed by atoms with van der Waals surface area (Å²) in [5.74, 6) is 0. The summed E-state index contributed by atoms with van der Waals surface area (Å²) in [6.45, 7) is 5.62. The maximum Gasteiger partial charge on any atom is 0.338 e. The Morgan fingerprint density at radius 3 is 2.59 bits per heavy atom. The predicted molar refractivity (Wildman–Crippen MR) is 70.8 cm³/mol. The minimum atomic E-state index is -0.331. The predicted octanol–water partition coefficient (Wildman–Crippen LogP) is 2.66. The minimum Gasteiger partial charge on any atom is -0.423 e. The van der Waals surface area contributed by atoms with E-state index in [4.69, 9.17) is 4.42 Å². The van der Waals surface area contributed by atoms with Gasteiger partial charge >= 0.3 is 5.63 Å². The smallest absolute Gasteiger partial charge is 0.338 e. The fourth-order valence-corrected chi connectivity index (χ4v) is 1.81.